The number of hydrogen-bond donors (Lipinski definition) is 3. The van der Waals surface area contributed by atoms with E-state index in [2.05, 4.69) is 5.32 Å². The lowest BCUT2D eigenvalue weighted by atomic mass is 9.93. The second-order valence-corrected chi connectivity index (χ2v) is 4.05. The maximum Gasteiger partial charge on any atom is 0.0691 e. The molecule has 1 fully saturated rings. The third-order valence-corrected chi connectivity index (χ3v) is 2.55. The van der Waals surface area contributed by atoms with E-state index in [-0.39, 0.29) is 0 Å². The zero-order valence-electron chi connectivity index (χ0n) is 7.88. The highest BCUT2D eigenvalue weighted by Crippen LogP contribution is 2.41. The SMILES string of the molecule is CNCC(O)CC(C)(O)C1CC1. The van der Waals surface area contributed by atoms with Gasteiger partial charge in [-0.1, -0.05) is 0 Å². The van der Waals surface area contributed by atoms with Gasteiger partial charge in [-0.3, -0.25) is 0 Å². The lowest BCUT2D eigenvalue weighted by Gasteiger charge is -2.25. The molecule has 0 bridgehead atoms. The first-order chi connectivity index (χ1) is 5.56. The molecule has 0 amide bonds. The van der Waals surface area contributed by atoms with Crippen LogP contribution in [0, 0.1) is 5.92 Å². The van der Waals surface area contributed by atoms with E-state index in [0.29, 0.717) is 18.9 Å². The van der Waals surface area contributed by atoms with Crippen molar-refractivity contribution < 1.29 is 10.2 Å². The molecule has 0 saturated heterocycles. The standard InChI is InChI=1S/C9H19NO2/c1-9(12,7-3-4-7)5-8(11)6-10-2/h7-8,10-12H,3-6H2,1-2H3. The summed E-state index contributed by atoms with van der Waals surface area (Å²) in [5.41, 5.74) is -0.656. The van der Waals surface area contributed by atoms with Crippen LogP contribution >= 0.6 is 0 Å². The highest BCUT2D eigenvalue weighted by molar-refractivity contribution is 4.92. The lowest BCUT2D eigenvalue weighted by Crippen LogP contribution is -2.36. The minimum Gasteiger partial charge on any atom is -0.392 e. The van der Waals surface area contributed by atoms with Gasteiger partial charge in [0.15, 0.2) is 0 Å². The zero-order valence-corrected chi connectivity index (χ0v) is 7.88. The van der Waals surface area contributed by atoms with Crippen molar-refractivity contribution in [1.29, 1.82) is 0 Å². The molecule has 0 heterocycles. The third-order valence-electron chi connectivity index (χ3n) is 2.55. The minimum absolute atomic E-state index is 0.420. The molecule has 0 aromatic heterocycles. The smallest absolute Gasteiger partial charge is 0.0691 e. The first kappa shape index (κ1) is 9.96. The molecule has 2 unspecified atom stereocenters. The molecule has 0 aromatic rings. The quantitative estimate of drug-likeness (QED) is 0.553. The Kier molecular flexibility index (Phi) is 3.09. The van der Waals surface area contributed by atoms with Crippen molar-refractivity contribution in [3.05, 3.63) is 0 Å². The summed E-state index contributed by atoms with van der Waals surface area (Å²) in [6.45, 7) is 2.38. The van der Waals surface area contributed by atoms with Crippen molar-refractivity contribution in [3.8, 4) is 0 Å². The second-order valence-electron chi connectivity index (χ2n) is 4.05. The summed E-state index contributed by atoms with van der Waals surface area (Å²) in [6.07, 6.45) is 2.28. The zero-order chi connectivity index (χ0) is 9.19. The number of rotatable bonds is 5. The normalized spacial score (nSPS) is 25.0. The summed E-state index contributed by atoms with van der Waals surface area (Å²) >= 11 is 0. The second kappa shape index (κ2) is 3.73. The molecule has 72 valence electrons. The van der Waals surface area contributed by atoms with E-state index in [1.165, 1.54) is 0 Å². The Bertz CT molecular complexity index is 143. The molecule has 12 heavy (non-hydrogen) atoms. The summed E-state index contributed by atoms with van der Waals surface area (Å²) in [4.78, 5) is 0. The van der Waals surface area contributed by atoms with Crippen molar-refractivity contribution in [2.75, 3.05) is 13.6 Å². The fraction of sp³-hybridized carbons (Fsp3) is 1.00. The molecule has 0 radical (unpaired) electrons. The molecule has 3 heteroatoms. The van der Waals surface area contributed by atoms with Gasteiger partial charge in [0.1, 0.15) is 0 Å². The van der Waals surface area contributed by atoms with E-state index in [0.717, 1.165) is 12.8 Å². The summed E-state index contributed by atoms with van der Waals surface area (Å²) in [5, 5.41) is 22.2. The first-order valence-electron chi connectivity index (χ1n) is 4.61. The molecule has 1 aliphatic rings. The summed E-state index contributed by atoms with van der Waals surface area (Å²) in [5.74, 6) is 0.420. The van der Waals surface area contributed by atoms with E-state index >= 15 is 0 Å². The van der Waals surface area contributed by atoms with E-state index < -0.39 is 11.7 Å². The number of hydrogen-bond acceptors (Lipinski definition) is 3. The van der Waals surface area contributed by atoms with Crippen LogP contribution in [0.3, 0.4) is 0 Å². The third kappa shape index (κ3) is 2.73. The Hall–Kier alpha value is -0.120. The van der Waals surface area contributed by atoms with Gasteiger partial charge in [-0.15, -0.1) is 0 Å². The molecule has 0 aromatic carbocycles. The largest absolute Gasteiger partial charge is 0.392 e. The minimum atomic E-state index is -0.656. The Morgan fingerprint density at radius 2 is 2.17 bits per heavy atom. The summed E-state index contributed by atoms with van der Waals surface area (Å²) < 4.78 is 0. The molecular weight excluding hydrogens is 154 g/mol. The van der Waals surface area contributed by atoms with Crippen molar-refractivity contribution in [3.63, 3.8) is 0 Å². The average Bonchev–Trinajstić information content (AvgIpc) is 2.65. The Morgan fingerprint density at radius 1 is 1.58 bits per heavy atom. The first-order valence-corrected chi connectivity index (χ1v) is 4.61. The van der Waals surface area contributed by atoms with Gasteiger partial charge < -0.3 is 15.5 Å². The van der Waals surface area contributed by atoms with Crippen molar-refractivity contribution in [2.24, 2.45) is 5.92 Å². The van der Waals surface area contributed by atoms with Crippen LogP contribution in [0.4, 0.5) is 0 Å². The maximum absolute atomic E-state index is 9.86. The Morgan fingerprint density at radius 3 is 2.58 bits per heavy atom. The Labute approximate surface area is 73.8 Å². The maximum atomic E-state index is 9.86. The molecular formula is C9H19NO2. The van der Waals surface area contributed by atoms with Gasteiger partial charge in [-0.25, -0.2) is 0 Å². The summed E-state index contributed by atoms with van der Waals surface area (Å²) in [7, 11) is 1.80. The number of aliphatic hydroxyl groups is 2. The molecule has 2 atom stereocenters. The predicted octanol–water partition coefficient (Wildman–Crippen LogP) is 0.118. The van der Waals surface area contributed by atoms with Gasteiger partial charge in [-0.05, 0) is 32.7 Å². The topological polar surface area (TPSA) is 52.5 Å². The average molecular weight is 173 g/mol. The fourth-order valence-electron chi connectivity index (χ4n) is 1.66. The molecule has 1 saturated carbocycles. The monoisotopic (exact) mass is 173 g/mol. The van der Waals surface area contributed by atoms with Crippen LogP contribution < -0.4 is 5.32 Å². The van der Waals surface area contributed by atoms with Crippen LogP contribution in [0.25, 0.3) is 0 Å². The van der Waals surface area contributed by atoms with E-state index in [1.807, 2.05) is 6.92 Å². The van der Waals surface area contributed by atoms with Crippen LogP contribution in [-0.4, -0.2) is 35.5 Å². The molecule has 3 N–H and O–H groups in total. The Balaban J connectivity index is 2.27. The highest BCUT2D eigenvalue weighted by atomic mass is 16.3. The summed E-state index contributed by atoms with van der Waals surface area (Å²) in [6, 6.07) is 0. The van der Waals surface area contributed by atoms with Crippen molar-refractivity contribution >= 4 is 0 Å². The molecule has 3 nitrogen and oxygen atoms in total. The number of likely N-dealkylation sites (N-methyl/N-ethyl adjacent to an activating group) is 1. The van der Waals surface area contributed by atoms with Crippen LogP contribution in [0.5, 0.6) is 0 Å². The lowest BCUT2D eigenvalue weighted by molar-refractivity contribution is -0.0125. The van der Waals surface area contributed by atoms with Gasteiger partial charge >= 0.3 is 0 Å². The van der Waals surface area contributed by atoms with Gasteiger partial charge in [-0.2, -0.15) is 0 Å². The van der Waals surface area contributed by atoms with Crippen molar-refractivity contribution in [1.82, 2.24) is 5.32 Å². The molecule has 1 aliphatic carbocycles. The molecule has 1 rings (SSSR count). The van der Waals surface area contributed by atoms with E-state index in [4.69, 9.17) is 0 Å². The van der Waals surface area contributed by atoms with Crippen LogP contribution in [0.15, 0.2) is 0 Å². The number of aliphatic hydroxyl groups excluding tert-OH is 1. The predicted molar refractivity (Wildman–Crippen MR) is 47.9 cm³/mol. The molecule has 0 aliphatic heterocycles. The van der Waals surface area contributed by atoms with Gasteiger partial charge in [0, 0.05) is 13.0 Å². The van der Waals surface area contributed by atoms with E-state index in [9.17, 15) is 10.2 Å². The number of nitrogens with one attached hydrogen (secondary N) is 1. The van der Waals surface area contributed by atoms with Crippen molar-refractivity contribution in [2.45, 2.75) is 37.9 Å². The van der Waals surface area contributed by atoms with Gasteiger partial charge in [0.25, 0.3) is 0 Å². The fourth-order valence-corrected chi connectivity index (χ4v) is 1.66. The van der Waals surface area contributed by atoms with Crippen LogP contribution in [0.1, 0.15) is 26.2 Å². The van der Waals surface area contributed by atoms with Gasteiger partial charge in [0.2, 0.25) is 0 Å². The van der Waals surface area contributed by atoms with Gasteiger partial charge in [0.05, 0.1) is 11.7 Å². The van der Waals surface area contributed by atoms with Crippen LogP contribution in [0.2, 0.25) is 0 Å². The highest BCUT2D eigenvalue weighted by Gasteiger charge is 2.40. The molecule has 0 spiro atoms. The van der Waals surface area contributed by atoms with Crippen LogP contribution in [-0.2, 0) is 0 Å². The van der Waals surface area contributed by atoms with E-state index in [1.54, 1.807) is 7.05 Å².